The highest BCUT2D eigenvalue weighted by Gasteiger charge is 2.24. The molecule has 0 saturated carbocycles. The van der Waals surface area contributed by atoms with Gasteiger partial charge in [0.1, 0.15) is 0 Å². The zero-order valence-corrected chi connectivity index (χ0v) is 12.1. The van der Waals surface area contributed by atoms with Gasteiger partial charge in [0.2, 0.25) is 0 Å². The number of nitriles is 1. The molecular formula is C14H28N2. The van der Waals surface area contributed by atoms with E-state index in [1.54, 1.807) is 0 Å². The number of rotatable bonds is 5. The molecule has 0 heterocycles. The lowest BCUT2D eigenvalue weighted by Gasteiger charge is -2.35. The molecule has 0 fully saturated rings. The van der Waals surface area contributed by atoms with Gasteiger partial charge in [0.05, 0.1) is 11.5 Å². The van der Waals surface area contributed by atoms with E-state index in [4.69, 9.17) is 5.26 Å². The van der Waals surface area contributed by atoms with Gasteiger partial charge in [-0.15, -0.1) is 0 Å². The average Bonchev–Trinajstić information content (AvgIpc) is 2.14. The molecule has 0 radical (unpaired) electrons. The summed E-state index contributed by atoms with van der Waals surface area (Å²) in [7, 11) is 2.18. The van der Waals surface area contributed by atoms with Crippen LogP contribution in [0.4, 0.5) is 0 Å². The fraction of sp³-hybridized carbons (Fsp3) is 0.929. The summed E-state index contributed by atoms with van der Waals surface area (Å²) in [6.45, 7) is 14.2. The molecule has 0 aliphatic rings. The fourth-order valence-electron chi connectivity index (χ4n) is 1.68. The molecule has 0 aromatic rings. The minimum atomic E-state index is -0.175. The van der Waals surface area contributed by atoms with Crippen LogP contribution in [0, 0.1) is 22.2 Å². The van der Waals surface area contributed by atoms with Gasteiger partial charge in [-0.05, 0) is 52.6 Å². The molecule has 0 rings (SSSR count). The smallest absolute Gasteiger partial charge is 0.0683 e. The van der Waals surface area contributed by atoms with Crippen LogP contribution in [0.15, 0.2) is 0 Å². The molecule has 16 heavy (non-hydrogen) atoms. The van der Waals surface area contributed by atoms with Gasteiger partial charge in [0, 0.05) is 6.04 Å². The van der Waals surface area contributed by atoms with Crippen molar-refractivity contribution in [1.29, 1.82) is 5.26 Å². The Hall–Kier alpha value is -0.550. The highest BCUT2D eigenvalue weighted by molar-refractivity contribution is 4.91. The predicted octanol–water partition coefficient (Wildman–Crippen LogP) is 3.68. The normalized spacial score (nSPS) is 14.9. The second-order valence-corrected chi connectivity index (χ2v) is 6.62. The van der Waals surface area contributed by atoms with Gasteiger partial charge >= 0.3 is 0 Å². The lowest BCUT2D eigenvalue weighted by Crippen LogP contribution is -2.39. The van der Waals surface area contributed by atoms with E-state index >= 15 is 0 Å². The van der Waals surface area contributed by atoms with E-state index in [1.165, 1.54) is 0 Å². The third-order valence-corrected chi connectivity index (χ3v) is 3.53. The van der Waals surface area contributed by atoms with Gasteiger partial charge in [-0.3, -0.25) is 0 Å². The molecule has 1 atom stereocenters. The van der Waals surface area contributed by atoms with Crippen LogP contribution in [0.25, 0.3) is 0 Å². The highest BCUT2D eigenvalue weighted by atomic mass is 15.1. The molecule has 0 N–H and O–H groups in total. The van der Waals surface area contributed by atoms with Crippen molar-refractivity contribution in [2.75, 3.05) is 13.6 Å². The molecule has 0 aromatic heterocycles. The third kappa shape index (κ3) is 5.51. The zero-order chi connectivity index (χ0) is 13.0. The quantitative estimate of drug-likeness (QED) is 0.712. The largest absolute Gasteiger partial charge is 0.303 e. The summed E-state index contributed by atoms with van der Waals surface area (Å²) in [6, 6.07) is 2.92. The van der Waals surface area contributed by atoms with E-state index in [2.05, 4.69) is 45.7 Å². The molecule has 0 aliphatic carbocycles. The molecule has 0 aliphatic heterocycles. The Bertz CT molecular complexity index is 242. The molecule has 0 aromatic carbocycles. The summed E-state index contributed by atoms with van der Waals surface area (Å²) >= 11 is 0. The predicted molar refractivity (Wildman–Crippen MR) is 70.2 cm³/mol. The van der Waals surface area contributed by atoms with Crippen molar-refractivity contribution in [1.82, 2.24) is 4.90 Å². The van der Waals surface area contributed by atoms with E-state index in [0.29, 0.717) is 11.5 Å². The summed E-state index contributed by atoms with van der Waals surface area (Å²) in [5, 5.41) is 8.93. The first kappa shape index (κ1) is 15.4. The maximum Gasteiger partial charge on any atom is 0.0683 e. The van der Waals surface area contributed by atoms with E-state index in [1.807, 2.05) is 13.8 Å². The van der Waals surface area contributed by atoms with Crippen molar-refractivity contribution in [3.8, 4) is 6.07 Å². The summed E-state index contributed by atoms with van der Waals surface area (Å²) in [4.78, 5) is 2.40. The topological polar surface area (TPSA) is 27.0 Å². The molecule has 2 nitrogen and oxygen atoms in total. The summed E-state index contributed by atoms with van der Waals surface area (Å²) in [6.07, 6.45) is 2.07. The Labute approximate surface area is 102 Å². The van der Waals surface area contributed by atoms with Crippen LogP contribution < -0.4 is 0 Å². The second kappa shape index (κ2) is 5.68. The van der Waals surface area contributed by atoms with Crippen LogP contribution in [0.5, 0.6) is 0 Å². The van der Waals surface area contributed by atoms with E-state index in [0.717, 1.165) is 19.4 Å². The summed E-state index contributed by atoms with van der Waals surface area (Å²) in [5.41, 5.74) is 0.144. The highest BCUT2D eigenvalue weighted by Crippen LogP contribution is 2.25. The Kier molecular flexibility index (Phi) is 5.49. The Morgan fingerprint density at radius 1 is 1.19 bits per heavy atom. The molecule has 0 spiro atoms. The first-order valence-corrected chi connectivity index (χ1v) is 6.21. The Morgan fingerprint density at radius 2 is 1.69 bits per heavy atom. The molecule has 1 unspecified atom stereocenters. The van der Waals surface area contributed by atoms with Gasteiger partial charge in [0.15, 0.2) is 0 Å². The van der Waals surface area contributed by atoms with Crippen molar-refractivity contribution in [2.24, 2.45) is 10.8 Å². The standard InChI is InChI=1S/C14H28N2/c1-12(13(2,3)4)16(7)10-8-9-14(5,6)11-15/h12H,8-10H2,1-7H3. The molecular weight excluding hydrogens is 196 g/mol. The number of hydrogen-bond acceptors (Lipinski definition) is 2. The van der Waals surface area contributed by atoms with E-state index in [-0.39, 0.29) is 5.41 Å². The number of hydrogen-bond donors (Lipinski definition) is 0. The first-order valence-electron chi connectivity index (χ1n) is 6.21. The second-order valence-electron chi connectivity index (χ2n) is 6.62. The van der Waals surface area contributed by atoms with Gasteiger partial charge in [-0.2, -0.15) is 5.26 Å². The van der Waals surface area contributed by atoms with Crippen LogP contribution in [0.1, 0.15) is 54.4 Å². The van der Waals surface area contributed by atoms with Gasteiger partial charge in [-0.1, -0.05) is 20.8 Å². The van der Waals surface area contributed by atoms with Gasteiger partial charge < -0.3 is 4.90 Å². The summed E-state index contributed by atoms with van der Waals surface area (Å²) < 4.78 is 0. The van der Waals surface area contributed by atoms with E-state index < -0.39 is 0 Å². The Balaban J connectivity index is 4.01. The van der Waals surface area contributed by atoms with Crippen molar-refractivity contribution >= 4 is 0 Å². The SMILES string of the molecule is CC(N(C)CCCC(C)(C)C#N)C(C)(C)C. The molecule has 0 saturated heterocycles. The lowest BCUT2D eigenvalue weighted by atomic mass is 9.86. The maximum atomic E-state index is 8.93. The van der Waals surface area contributed by atoms with Crippen molar-refractivity contribution < 1.29 is 0 Å². The van der Waals surface area contributed by atoms with Crippen LogP contribution >= 0.6 is 0 Å². The fourth-order valence-corrected chi connectivity index (χ4v) is 1.68. The van der Waals surface area contributed by atoms with Crippen LogP contribution in [-0.2, 0) is 0 Å². The monoisotopic (exact) mass is 224 g/mol. The average molecular weight is 224 g/mol. The Morgan fingerprint density at radius 3 is 2.06 bits per heavy atom. The van der Waals surface area contributed by atoms with Crippen LogP contribution in [-0.4, -0.2) is 24.5 Å². The number of nitrogens with zero attached hydrogens (tertiary/aromatic N) is 2. The summed E-state index contributed by atoms with van der Waals surface area (Å²) in [5.74, 6) is 0. The minimum Gasteiger partial charge on any atom is -0.303 e. The van der Waals surface area contributed by atoms with Crippen molar-refractivity contribution in [3.63, 3.8) is 0 Å². The lowest BCUT2D eigenvalue weighted by molar-refractivity contribution is 0.136. The molecule has 0 amide bonds. The zero-order valence-electron chi connectivity index (χ0n) is 12.1. The van der Waals surface area contributed by atoms with Crippen molar-refractivity contribution in [3.05, 3.63) is 0 Å². The van der Waals surface area contributed by atoms with E-state index in [9.17, 15) is 0 Å². The van der Waals surface area contributed by atoms with Crippen molar-refractivity contribution in [2.45, 2.75) is 60.4 Å². The molecule has 0 bridgehead atoms. The van der Waals surface area contributed by atoms with Gasteiger partial charge in [0.25, 0.3) is 0 Å². The third-order valence-electron chi connectivity index (χ3n) is 3.53. The van der Waals surface area contributed by atoms with Crippen LogP contribution in [0.2, 0.25) is 0 Å². The maximum absolute atomic E-state index is 8.93. The molecule has 94 valence electrons. The molecule has 2 heteroatoms. The first-order chi connectivity index (χ1) is 7.10. The minimum absolute atomic E-state index is 0.175. The van der Waals surface area contributed by atoms with Crippen LogP contribution in [0.3, 0.4) is 0 Å². The van der Waals surface area contributed by atoms with Gasteiger partial charge in [-0.25, -0.2) is 0 Å².